The van der Waals surface area contributed by atoms with Gasteiger partial charge in [-0.25, -0.2) is 13.1 Å². The molecule has 0 aromatic rings. The molecular formula is C7H14N2O5S. The second-order valence-electron chi connectivity index (χ2n) is 3.18. The van der Waals surface area contributed by atoms with E-state index in [1.807, 2.05) is 4.72 Å². The molecule has 15 heavy (non-hydrogen) atoms. The molecule has 1 amide bonds. The summed E-state index contributed by atoms with van der Waals surface area (Å²) in [6, 6.07) is -2.05. The summed E-state index contributed by atoms with van der Waals surface area (Å²) in [4.78, 5) is 21.6. The van der Waals surface area contributed by atoms with Crippen molar-refractivity contribution in [2.24, 2.45) is 0 Å². The maximum Gasteiger partial charge on any atom is 0.325 e. The second kappa shape index (κ2) is 5.08. The highest BCUT2D eigenvalue weighted by atomic mass is 32.2. The van der Waals surface area contributed by atoms with Gasteiger partial charge in [-0.1, -0.05) is 0 Å². The lowest BCUT2D eigenvalue weighted by Crippen LogP contribution is -2.49. The number of nitrogens with one attached hydrogen (secondary N) is 2. The molecule has 8 heteroatoms. The fourth-order valence-electron chi connectivity index (χ4n) is 0.775. The third kappa shape index (κ3) is 6.02. The van der Waals surface area contributed by atoms with Gasteiger partial charge in [-0.3, -0.25) is 9.59 Å². The van der Waals surface area contributed by atoms with Crippen LogP contribution in [0.1, 0.15) is 13.8 Å². The molecule has 0 spiro atoms. The van der Waals surface area contributed by atoms with Crippen molar-refractivity contribution < 1.29 is 23.1 Å². The molecular weight excluding hydrogens is 224 g/mol. The molecule has 0 aliphatic heterocycles. The molecule has 7 nitrogen and oxygen atoms in total. The Kier molecular flexibility index (Phi) is 4.69. The quantitative estimate of drug-likeness (QED) is 0.540. The Morgan fingerprint density at radius 1 is 1.20 bits per heavy atom. The number of sulfonamides is 1. The second-order valence-corrected chi connectivity index (χ2v) is 4.96. The van der Waals surface area contributed by atoms with Crippen LogP contribution in [0.2, 0.25) is 0 Å². The number of hydrogen-bond donors (Lipinski definition) is 3. The van der Waals surface area contributed by atoms with Gasteiger partial charge in [0.15, 0.2) is 0 Å². The van der Waals surface area contributed by atoms with E-state index in [1.165, 1.54) is 13.8 Å². The lowest BCUT2D eigenvalue weighted by atomic mass is 10.3. The van der Waals surface area contributed by atoms with Gasteiger partial charge in [0, 0.05) is 0 Å². The lowest BCUT2D eigenvalue weighted by molar-refractivity contribution is -0.141. The SMILES string of the molecule is CC(NS(C)(=O)=O)C(=O)N[C@H](C)C(=O)O. The molecule has 0 heterocycles. The summed E-state index contributed by atoms with van der Waals surface area (Å²) in [6.45, 7) is 2.61. The van der Waals surface area contributed by atoms with E-state index in [0.717, 1.165) is 6.26 Å². The van der Waals surface area contributed by atoms with Crippen LogP contribution in [0.5, 0.6) is 0 Å². The Morgan fingerprint density at radius 2 is 1.67 bits per heavy atom. The van der Waals surface area contributed by atoms with Crippen LogP contribution < -0.4 is 10.0 Å². The van der Waals surface area contributed by atoms with Gasteiger partial charge in [-0.05, 0) is 13.8 Å². The predicted molar refractivity (Wildman–Crippen MR) is 52.7 cm³/mol. The van der Waals surface area contributed by atoms with E-state index in [4.69, 9.17) is 5.11 Å². The van der Waals surface area contributed by atoms with Crippen molar-refractivity contribution in [1.82, 2.24) is 10.0 Å². The van der Waals surface area contributed by atoms with Crippen molar-refractivity contribution in [1.29, 1.82) is 0 Å². The standard InChI is InChI=1S/C7H14N2O5S/c1-4(9-15(3,13)14)6(10)8-5(2)7(11)12/h4-5,9H,1-3H3,(H,8,10)(H,11,12)/t4?,5-/m1/s1. The van der Waals surface area contributed by atoms with E-state index in [0.29, 0.717) is 0 Å². The third-order valence-electron chi connectivity index (χ3n) is 1.51. The molecule has 0 fully saturated rings. The van der Waals surface area contributed by atoms with Crippen LogP contribution in [0.25, 0.3) is 0 Å². The first-order valence-electron chi connectivity index (χ1n) is 4.14. The van der Waals surface area contributed by atoms with Gasteiger partial charge in [0.1, 0.15) is 6.04 Å². The first-order chi connectivity index (χ1) is 6.63. The minimum absolute atomic E-state index is 0.685. The summed E-state index contributed by atoms with van der Waals surface area (Å²) in [5, 5.41) is 10.6. The van der Waals surface area contributed by atoms with Gasteiger partial charge in [-0.15, -0.1) is 0 Å². The van der Waals surface area contributed by atoms with Crippen LogP contribution in [0.4, 0.5) is 0 Å². The van der Waals surface area contributed by atoms with Gasteiger partial charge >= 0.3 is 5.97 Å². The van der Waals surface area contributed by atoms with Gasteiger partial charge in [0.2, 0.25) is 15.9 Å². The van der Waals surface area contributed by atoms with Crippen LogP contribution >= 0.6 is 0 Å². The molecule has 0 saturated heterocycles. The zero-order valence-electron chi connectivity index (χ0n) is 8.64. The maximum absolute atomic E-state index is 11.2. The van der Waals surface area contributed by atoms with E-state index in [9.17, 15) is 18.0 Å². The van der Waals surface area contributed by atoms with Gasteiger partial charge in [-0.2, -0.15) is 0 Å². The zero-order valence-corrected chi connectivity index (χ0v) is 9.46. The molecule has 0 bridgehead atoms. The molecule has 2 atom stereocenters. The fraction of sp³-hybridized carbons (Fsp3) is 0.714. The largest absolute Gasteiger partial charge is 0.480 e. The average molecular weight is 238 g/mol. The van der Waals surface area contributed by atoms with Crippen molar-refractivity contribution in [3.63, 3.8) is 0 Å². The molecule has 1 unspecified atom stereocenters. The molecule has 0 aliphatic carbocycles. The highest BCUT2D eigenvalue weighted by Crippen LogP contribution is 1.89. The molecule has 0 aliphatic rings. The lowest BCUT2D eigenvalue weighted by Gasteiger charge is -2.14. The first kappa shape index (κ1) is 13.8. The van der Waals surface area contributed by atoms with Crippen LogP contribution in [0.15, 0.2) is 0 Å². The Hall–Kier alpha value is -1.15. The van der Waals surface area contributed by atoms with Crippen LogP contribution in [-0.2, 0) is 19.6 Å². The van der Waals surface area contributed by atoms with E-state index in [-0.39, 0.29) is 0 Å². The van der Waals surface area contributed by atoms with Crippen LogP contribution in [0, 0.1) is 0 Å². The summed E-state index contributed by atoms with van der Waals surface area (Å²) in [6.07, 6.45) is 0.914. The average Bonchev–Trinajstić information content (AvgIpc) is 2.00. The third-order valence-corrected chi connectivity index (χ3v) is 2.30. The summed E-state index contributed by atoms with van der Waals surface area (Å²) < 4.78 is 23.5. The van der Waals surface area contributed by atoms with Crippen LogP contribution in [0.3, 0.4) is 0 Å². The highest BCUT2D eigenvalue weighted by Gasteiger charge is 2.20. The van der Waals surface area contributed by atoms with Gasteiger partial charge in [0.25, 0.3) is 0 Å². The molecule has 0 saturated carbocycles. The van der Waals surface area contributed by atoms with Crippen LogP contribution in [-0.4, -0.2) is 43.7 Å². The van der Waals surface area contributed by atoms with Crippen molar-refractivity contribution in [3.05, 3.63) is 0 Å². The van der Waals surface area contributed by atoms with E-state index in [1.54, 1.807) is 0 Å². The van der Waals surface area contributed by atoms with E-state index < -0.39 is 34.0 Å². The number of aliphatic carboxylic acids is 1. The molecule has 0 rings (SSSR count). The predicted octanol–water partition coefficient (Wildman–Crippen LogP) is -1.49. The van der Waals surface area contributed by atoms with Crippen molar-refractivity contribution in [3.8, 4) is 0 Å². The number of hydrogen-bond acceptors (Lipinski definition) is 4. The number of carboxylic acid groups (broad SMARTS) is 1. The summed E-state index contributed by atoms with van der Waals surface area (Å²) >= 11 is 0. The number of carbonyl (C=O) groups excluding carboxylic acids is 1. The van der Waals surface area contributed by atoms with Crippen molar-refractivity contribution >= 4 is 21.9 Å². The molecule has 88 valence electrons. The minimum Gasteiger partial charge on any atom is -0.480 e. The summed E-state index contributed by atoms with van der Waals surface area (Å²) in [7, 11) is -3.48. The van der Waals surface area contributed by atoms with E-state index in [2.05, 4.69) is 5.32 Å². The number of amides is 1. The Balaban J connectivity index is 4.29. The fourth-order valence-corrected chi connectivity index (χ4v) is 1.52. The molecule has 0 radical (unpaired) electrons. The Bertz CT molecular complexity index is 350. The van der Waals surface area contributed by atoms with Gasteiger partial charge in [0.05, 0.1) is 12.3 Å². The summed E-state index contributed by atoms with van der Waals surface area (Å²) in [5.74, 6) is -1.87. The number of carboxylic acids is 1. The van der Waals surface area contributed by atoms with Crippen molar-refractivity contribution in [2.45, 2.75) is 25.9 Å². The Labute approximate surface area is 87.9 Å². The topological polar surface area (TPSA) is 113 Å². The maximum atomic E-state index is 11.2. The van der Waals surface area contributed by atoms with Gasteiger partial charge < -0.3 is 10.4 Å². The zero-order chi connectivity index (χ0) is 12.2. The number of carbonyl (C=O) groups is 2. The summed E-state index contributed by atoms with van der Waals surface area (Å²) in [5.41, 5.74) is 0. The smallest absolute Gasteiger partial charge is 0.325 e. The molecule has 0 aromatic carbocycles. The highest BCUT2D eigenvalue weighted by molar-refractivity contribution is 7.88. The first-order valence-corrected chi connectivity index (χ1v) is 6.03. The normalized spacial score (nSPS) is 15.4. The monoisotopic (exact) mass is 238 g/mol. The van der Waals surface area contributed by atoms with Crippen molar-refractivity contribution in [2.75, 3.05) is 6.26 Å². The number of rotatable bonds is 5. The minimum atomic E-state index is -3.48. The molecule has 0 aromatic heterocycles. The Morgan fingerprint density at radius 3 is 2.00 bits per heavy atom. The van der Waals surface area contributed by atoms with E-state index >= 15 is 0 Å². The molecule has 3 N–H and O–H groups in total.